The maximum atomic E-state index is 11.9. The first-order valence-electron chi connectivity index (χ1n) is 6.94. The number of ether oxygens (including phenoxy) is 2. The summed E-state index contributed by atoms with van der Waals surface area (Å²) in [6.07, 6.45) is 1.32. The van der Waals surface area contributed by atoms with Crippen molar-refractivity contribution in [3.8, 4) is 5.75 Å². The number of benzene rings is 1. The molecule has 0 saturated carbocycles. The third-order valence-electron chi connectivity index (χ3n) is 3.28. The fraction of sp³-hybridized carbons (Fsp3) is 0.467. The van der Waals surface area contributed by atoms with Crippen molar-refractivity contribution in [3.63, 3.8) is 0 Å². The third-order valence-corrected chi connectivity index (χ3v) is 3.28. The standard InChI is InChI=1S/C15H20N2O4/c1-10(18)17-12-5-6-13(20-2)11(8-12)9-16-15(19)14-4-3-7-21-14/h5-6,8,14H,3-4,7,9H2,1-2H3,(H,16,19)(H,17,18). The molecule has 0 aromatic heterocycles. The average Bonchev–Trinajstić information content (AvgIpc) is 2.98. The van der Waals surface area contributed by atoms with Crippen molar-refractivity contribution in [2.45, 2.75) is 32.4 Å². The second-order valence-electron chi connectivity index (χ2n) is 4.93. The number of methoxy groups -OCH3 is 1. The summed E-state index contributed by atoms with van der Waals surface area (Å²) in [6, 6.07) is 5.31. The lowest BCUT2D eigenvalue weighted by atomic mass is 10.1. The minimum absolute atomic E-state index is 0.112. The zero-order valence-electron chi connectivity index (χ0n) is 12.3. The van der Waals surface area contributed by atoms with Gasteiger partial charge in [-0.15, -0.1) is 0 Å². The Morgan fingerprint density at radius 1 is 1.43 bits per heavy atom. The summed E-state index contributed by atoms with van der Waals surface area (Å²) in [5.41, 5.74) is 1.47. The van der Waals surface area contributed by atoms with Crippen LogP contribution in [0.5, 0.6) is 5.75 Å². The number of carbonyl (C=O) groups excluding carboxylic acids is 2. The van der Waals surface area contributed by atoms with Crippen LogP contribution in [-0.4, -0.2) is 31.6 Å². The quantitative estimate of drug-likeness (QED) is 0.861. The molecule has 21 heavy (non-hydrogen) atoms. The van der Waals surface area contributed by atoms with Crippen LogP contribution < -0.4 is 15.4 Å². The number of nitrogens with one attached hydrogen (secondary N) is 2. The molecule has 2 N–H and O–H groups in total. The Balaban J connectivity index is 2.02. The predicted molar refractivity (Wildman–Crippen MR) is 78.1 cm³/mol. The first kappa shape index (κ1) is 15.3. The van der Waals surface area contributed by atoms with E-state index < -0.39 is 0 Å². The lowest BCUT2D eigenvalue weighted by molar-refractivity contribution is -0.130. The largest absolute Gasteiger partial charge is 0.496 e. The van der Waals surface area contributed by atoms with E-state index in [0.717, 1.165) is 18.4 Å². The van der Waals surface area contributed by atoms with Gasteiger partial charge in [-0.1, -0.05) is 0 Å². The van der Waals surface area contributed by atoms with Crippen molar-refractivity contribution >= 4 is 17.5 Å². The third kappa shape index (κ3) is 4.19. The summed E-state index contributed by atoms with van der Waals surface area (Å²) in [7, 11) is 1.57. The summed E-state index contributed by atoms with van der Waals surface area (Å²) in [5.74, 6) is 0.408. The average molecular weight is 292 g/mol. The highest BCUT2D eigenvalue weighted by Gasteiger charge is 2.23. The molecule has 0 aliphatic carbocycles. The molecule has 6 nitrogen and oxygen atoms in total. The maximum Gasteiger partial charge on any atom is 0.249 e. The molecule has 0 spiro atoms. The van der Waals surface area contributed by atoms with Gasteiger partial charge >= 0.3 is 0 Å². The van der Waals surface area contributed by atoms with Crippen molar-refractivity contribution < 1.29 is 19.1 Å². The van der Waals surface area contributed by atoms with Gasteiger partial charge in [-0.25, -0.2) is 0 Å². The van der Waals surface area contributed by atoms with Crippen LogP contribution >= 0.6 is 0 Å². The molecule has 1 heterocycles. The first-order valence-corrected chi connectivity index (χ1v) is 6.94. The second kappa shape index (κ2) is 7.08. The van der Waals surface area contributed by atoms with Gasteiger partial charge < -0.3 is 20.1 Å². The van der Waals surface area contributed by atoms with E-state index in [4.69, 9.17) is 9.47 Å². The van der Waals surface area contributed by atoms with Gasteiger partial charge in [0.25, 0.3) is 0 Å². The van der Waals surface area contributed by atoms with Gasteiger partial charge in [0, 0.05) is 31.3 Å². The van der Waals surface area contributed by atoms with Crippen LogP contribution in [0.1, 0.15) is 25.3 Å². The SMILES string of the molecule is COc1ccc(NC(C)=O)cc1CNC(=O)C1CCCO1. The van der Waals surface area contributed by atoms with Crippen molar-refractivity contribution in [2.75, 3.05) is 19.0 Å². The molecular weight excluding hydrogens is 272 g/mol. The van der Waals surface area contributed by atoms with Gasteiger partial charge in [-0.2, -0.15) is 0 Å². The minimum Gasteiger partial charge on any atom is -0.496 e. The first-order chi connectivity index (χ1) is 10.1. The Kier molecular flexibility index (Phi) is 5.16. The van der Waals surface area contributed by atoms with E-state index in [9.17, 15) is 9.59 Å². The van der Waals surface area contributed by atoms with Gasteiger partial charge in [0.1, 0.15) is 11.9 Å². The second-order valence-corrected chi connectivity index (χ2v) is 4.93. The zero-order chi connectivity index (χ0) is 15.2. The Morgan fingerprint density at radius 2 is 2.24 bits per heavy atom. The van der Waals surface area contributed by atoms with E-state index in [1.165, 1.54) is 6.92 Å². The molecule has 0 bridgehead atoms. The van der Waals surface area contributed by atoms with Gasteiger partial charge in [0.05, 0.1) is 7.11 Å². The molecule has 2 amide bonds. The molecule has 1 aromatic rings. The van der Waals surface area contributed by atoms with Gasteiger partial charge in [-0.3, -0.25) is 9.59 Å². The predicted octanol–water partition coefficient (Wildman–Crippen LogP) is 1.45. The van der Waals surface area contributed by atoms with E-state index in [2.05, 4.69) is 10.6 Å². The topological polar surface area (TPSA) is 76.7 Å². The number of amides is 2. The lowest BCUT2D eigenvalue weighted by Gasteiger charge is -2.14. The molecule has 1 saturated heterocycles. The highest BCUT2D eigenvalue weighted by Crippen LogP contribution is 2.23. The van der Waals surface area contributed by atoms with Crippen LogP contribution in [0.25, 0.3) is 0 Å². The summed E-state index contributed by atoms with van der Waals surface area (Å²) in [5, 5.41) is 5.55. The molecule has 1 atom stereocenters. The molecule has 114 valence electrons. The van der Waals surface area contributed by atoms with Crippen LogP contribution in [0.2, 0.25) is 0 Å². The summed E-state index contributed by atoms with van der Waals surface area (Å²) >= 11 is 0. The van der Waals surface area contributed by atoms with E-state index in [1.807, 2.05) is 0 Å². The number of anilines is 1. The summed E-state index contributed by atoms with van der Waals surface area (Å²) in [4.78, 5) is 23.0. The Morgan fingerprint density at radius 3 is 2.86 bits per heavy atom. The fourth-order valence-electron chi connectivity index (χ4n) is 2.28. The zero-order valence-corrected chi connectivity index (χ0v) is 12.3. The van der Waals surface area contributed by atoms with E-state index in [-0.39, 0.29) is 17.9 Å². The van der Waals surface area contributed by atoms with E-state index in [1.54, 1.807) is 25.3 Å². The highest BCUT2D eigenvalue weighted by molar-refractivity contribution is 5.88. The molecule has 1 fully saturated rings. The highest BCUT2D eigenvalue weighted by atomic mass is 16.5. The maximum absolute atomic E-state index is 11.9. The van der Waals surface area contributed by atoms with Crippen LogP contribution in [0.4, 0.5) is 5.69 Å². The molecule has 1 unspecified atom stereocenters. The summed E-state index contributed by atoms with van der Waals surface area (Å²) in [6.45, 7) is 2.41. The Bertz CT molecular complexity index is 524. The van der Waals surface area contributed by atoms with E-state index >= 15 is 0 Å². The number of carbonyl (C=O) groups is 2. The van der Waals surface area contributed by atoms with Crippen LogP contribution in [0.3, 0.4) is 0 Å². The molecular formula is C15H20N2O4. The number of hydrogen-bond acceptors (Lipinski definition) is 4. The molecule has 1 aliphatic rings. The van der Waals surface area contributed by atoms with Crippen molar-refractivity contribution in [2.24, 2.45) is 0 Å². The van der Waals surface area contributed by atoms with Crippen molar-refractivity contribution in [3.05, 3.63) is 23.8 Å². The Labute approximate surface area is 123 Å². The van der Waals surface area contributed by atoms with E-state index in [0.29, 0.717) is 24.6 Å². The Hall–Kier alpha value is -2.08. The lowest BCUT2D eigenvalue weighted by Crippen LogP contribution is -2.33. The van der Waals surface area contributed by atoms with Crippen LogP contribution in [-0.2, 0) is 20.9 Å². The van der Waals surface area contributed by atoms with Crippen LogP contribution in [0, 0.1) is 0 Å². The van der Waals surface area contributed by atoms with Crippen LogP contribution in [0.15, 0.2) is 18.2 Å². The van der Waals surface area contributed by atoms with Crippen molar-refractivity contribution in [1.82, 2.24) is 5.32 Å². The number of hydrogen-bond donors (Lipinski definition) is 2. The normalized spacial score (nSPS) is 17.3. The monoisotopic (exact) mass is 292 g/mol. The molecule has 1 aliphatic heterocycles. The van der Waals surface area contributed by atoms with Crippen molar-refractivity contribution in [1.29, 1.82) is 0 Å². The fourth-order valence-corrected chi connectivity index (χ4v) is 2.28. The molecule has 2 rings (SSSR count). The van der Waals surface area contributed by atoms with Gasteiger partial charge in [0.15, 0.2) is 0 Å². The number of rotatable bonds is 5. The summed E-state index contributed by atoms with van der Waals surface area (Å²) < 4.78 is 10.6. The van der Waals surface area contributed by atoms with Gasteiger partial charge in [0.2, 0.25) is 11.8 Å². The van der Waals surface area contributed by atoms with Gasteiger partial charge in [-0.05, 0) is 31.0 Å². The molecule has 0 radical (unpaired) electrons. The molecule has 6 heteroatoms. The molecule has 1 aromatic carbocycles. The minimum atomic E-state index is -0.352. The smallest absolute Gasteiger partial charge is 0.249 e.